The molecular formula is C22H21FN2. The molecule has 2 nitrogen and oxygen atoms in total. The monoisotopic (exact) mass is 332 g/mol. The number of rotatable bonds is 1. The van der Waals surface area contributed by atoms with Gasteiger partial charge in [0.05, 0.1) is 11.4 Å². The SMILES string of the molecule is CC1(C)c2cccnc2C(C)(C)c2c(-c3cc(F)ccn3)cccc21. The van der Waals surface area contributed by atoms with Crippen LogP contribution in [-0.4, -0.2) is 9.97 Å². The maximum Gasteiger partial charge on any atom is 0.126 e. The summed E-state index contributed by atoms with van der Waals surface area (Å²) in [6.07, 6.45) is 3.38. The summed E-state index contributed by atoms with van der Waals surface area (Å²) in [6, 6.07) is 13.3. The van der Waals surface area contributed by atoms with Crippen molar-refractivity contribution in [3.05, 3.63) is 83.1 Å². The van der Waals surface area contributed by atoms with Gasteiger partial charge < -0.3 is 0 Å². The molecule has 126 valence electrons. The number of fused-ring (bicyclic) bond motifs is 2. The van der Waals surface area contributed by atoms with Gasteiger partial charge in [0, 0.05) is 34.9 Å². The molecule has 1 aromatic carbocycles. The summed E-state index contributed by atoms with van der Waals surface area (Å²) in [5, 5.41) is 0. The summed E-state index contributed by atoms with van der Waals surface area (Å²) in [4.78, 5) is 9.15. The van der Waals surface area contributed by atoms with Gasteiger partial charge >= 0.3 is 0 Å². The van der Waals surface area contributed by atoms with Gasteiger partial charge in [-0.1, -0.05) is 52.0 Å². The zero-order chi connectivity index (χ0) is 17.8. The molecule has 0 saturated carbocycles. The second kappa shape index (κ2) is 5.22. The first kappa shape index (κ1) is 15.9. The van der Waals surface area contributed by atoms with Crippen molar-refractivity contribution >= 4 is 0 Å². The molecular weight excluding hydrogens is 311 g/mol. The van der Waals surface area contributed by atoms with E-state index in [1.165, 1.54) is 35.0 Å². The number of pyridine rings is 2. The van der Waals surface area contributed by atoms with Gasteiger partial charge in [-0.05, 0) is 28.8 Å². The Bertz CT molecular complexity index is 973. The van der Waals surface area contributed by atoms with Crippen molar-refractivity contribution in [3.63, 3.8) is 0 Å². The molecule has 3 heteroatoms. The second-order valence-corrected chi connectivity index (χ2v) is 7.74. The van der Waals surface area contributed by atoms with Gasteiger partial charge in [-0.3, -0.25) is 9.97 Å². The lowest BCUT2D eigenvalue weighted by atomic mass is 9.60. The Morgan fingerprint density at radius 2 is 1.56 bits per heavy atom. The van der Waals surface area contributed by atoms with Gasteiger partial charge in [-0.2, -0.15) is 0 Å². The van der Waals surface area contributed by atoms with Gasteiger partial charge in [0.2, 0.25) is 0 Å². The molecule has 0 fully saturated rings. The Morgan fingerprint density at radius 1 is 0.800 bits per heavy atom. The molecule has 0 spiro atoms. The van der Waals surface area contributed by atoms with Gasteiger partial charge in [-0.15, -0.1) is 0 Å². The van der Waals surface area contributed by atoms with Crippen LogP contribution in [0.2, 0.25) is 0 Å². The summed E-state index contributed by atoms with van der Waals surface area (Å²) < 4.78 is 13.8. The van der Waals surface area contributed by atoms with E-state index in [9.17, 15) is 4.39 Å². The molecule has 0 radical (unpaired) electrons. The van der Waals surface area contributed by atoms with E-state index in [0.29, 0.717) is 5.69 Å². The topological polar surface area (TPSA) is 25.8 Å². The fourth-order valence-corrected chi connectivity index (χ4v) is 4.18. The highest BCUT2D eigenvalue weighted by atomic mass is 19.1. The molecule has 1 aliphatic rings. The van der Waals surface area contributed by atoms with E-state index in [1.54, 1.807) is 0 Å². The standard InChI is InChI=1S/C22H21FN2/c1-21(2)16-8-5-7-15(18-13-14(23)10-12-24-18)19(16)22(3,4)20-17(21)9-6-11-25-20/h5-13H,1-4H3. The number of nitrogens with zero attached hydrogens (tertiary/aromatic N) is 2. The minimum Gasteiger partial charge on any atom is -0.260 e. The van der Waals surface area contributed by atoms with Crippen LogP contribution in [0.5, 0.6) is 0 Å². The first-order chi connectivity index (χ1) is 11.8. The molecule has 1 aliphatic carbocycles. The third kappa shape index (κ3) is 2.22. The highest BCUT2D eigenvalue weighted by Gasteiger charge is 2.43. The van der Waals surface area contributed by atoms with Crippen LogP contribution in [0.3, 0.4) is 0 Å². The molecule has 0 unspecified atom stereocenters. The van der Waals surface area contributed by atoms with Gasteiger partial charge in [0.15, 0.2) is 0 Å². The Morgan fingerprint density at radius 3 is 2.32 bits per heavy atom. The maximum absolute atomic E-state index is 13.8. The van der Waals surface area contributed by atoms with E-state index in [-0.39, 0.29) is 16.6 Å². The molecule has 3 aromatic rings. The van der Waals surface area contributed by atoms with Crippen molar-refractivity contribution in [3.8, 4) is 11.3 Å². The summed E-state index contributed by atoms with van der Waals surface area (Å²) >= 11 is 0. The molecule has 0 atom stereocenters. The van der Waals surface area contributed by atoms with E-state index < -0.39 is 0 Å². The van der Waals surface area contributed by atoms with Crippen LogP contribution in [0, 0.1) is 5.82 Å². The summed E-state index contributed by atoms with van der Waals surface area (Å²) in [7, 11) is 0. The van der Waals surface area contributed by atoms with Crippen LogP contribution in [0.15, 0.2) is 54.9 Å². The number of aromatic nitrogens is 2. The van der Waals surface area contributed by atoms with Crippen molar-refractivity contribution in [1.29, 1.82) is 0 Å². The van der Waals surface area contributed by atoms with Crippen LogP contribution in [0.25, 0.3) is 11.3 Å². The Kier molecular flexibility index (Phi) is 3.33. The van der Waals surface area contributed by atoms with E-state index in [0.717, 1.165) is 11.3 Å². The van der Waals surface area contributed by atoms with Crippen LogP contribution in [-0.2, 0) is 10.8 Å². The summed E-state index contributed by atoms with van der Waals surface area (Å²) in [5.41, 5.74) is 5.95. The van der Waals surface area contributed by atoms with E-state index >= 15 is 0 Å². The highest BCUT2D eigenvalue weighted by molar-refractivity contribution is 5.72. The highest BCUT2D eigenvalue weighted by Crippen LogP contribution is 2.51. The molecule has 0 saturated heterocycles. The molecule has 2 aromatic heterocycles. The lowest BCUT2D eigenvalue weighted by molar-refractivity contribution is 0.506. The van der Waals surface area contributed by atoms with Crippen molar-refractivity contribution in [1.82, 2.24) is 9.97 Å². The molecule has 0 amide bonds. The predicted molar refractivity (Wildman–Crippen MR) is 98.1 cm³/mol. The van der Waals surface area contributed by atoms with Crippen LogP contribution in [0.4, 0.5) is 4.39 Å². The summed E-state index contributed by atoms with van der Waals surface area (Å²) in [5.74, 6) is -0.269. The first-order valence-corrected chi connectivity index (χ1v) is 8.55. The lowest BCUT2D eigenvalue weighted by Crippen LogP contribution is -2.38. The fraction of sp³-hybridized carbons (Fsp3) is 0.273. The van der Waals surface area contributed by atoms with Gasteiger partial charge in [0.25, 0.3) is 0 Å². The van der Waals surface area contributed by atoms with E-state index in [4.69, 9.17) is 4.98 Å². The Hall–Kier alpha value is -2.55. The second-order valence-electron chi connectivity index (χ2n) is 7.74. The molecule has 25 heavy (non-hydrogen) atoms. The average molecular weight is 332 g/mol. The van der Waals surface area contributed by atoms with Crippen LogP contribution < -0.4 is 0 Å². The quantitative estimate of drug-likeness (QED) is 0.608. The number of benzene rings is 1. The molecule has 0 N–H and O–H groups in total. The number of halogens is 1. The molecule has 4 rings (SSSR count). The number of hydrogen-bond acceptors (Lipinski definition) is 2. The van der Waals surface area contributed by atoms with E-state index in [2.05, 4.69) is 44.8 Å². The van der Waals surface area contributed by atoms with Crippen molar-refractivity contribution in [2.24, 2.45) is 0 Å². The van der Waals surface area contributed by atoms with Crippen LogP contribution >= 0.6 is 0 Å². The minimum absolute atomic E-state index is 0.169. The van der Waals surface area contributed by atoms with Gasteiger partial charge in [0.1, 0.15) is 5.82 Å². The molecule has 0 bridgehead atoms. The van der Waals surface area contributed by atoms with Gasteiger partial charge in [-0.25, -0.2) is 4.39 Å². The van der Waals surface area contributed by atoms with Crippen molar-refractivity contribution < 1.29 is 4.39 Å². The maximum atomic E-state index is 13.8. The minimum atomic E-state index is -0.286. The Labute approximate surface area is 147 Å². The third-order valence-corrected chi connectivity index (χ3v) is 5.43. The zero-order valence-electron chi connectivity index (χ0n) is 15.0. The largest absolute Gasteiger partial charge is 0.260 e. The van der Waals surface area contributed by atoms with Crippen molar-refractivity contribution in [2.75, 3.05) is 0 Å². The zero-order valence-corrected chi connectivity index (χ0v) is 15.0. The summed E-state index contributed by atoms with van der Waals surface area (Å²) in [6.45, 7) is 8.83. The predicted octanol–water partition coefficient (Wildman–Crippen LogP) is 5.25. The third-order valence-electron chi connectivity index (χ3n) is 5.43. The molecule has 0 aliphatic heterocycles. The average Bonchev–Trinajstić information content (AvgIpc) is 2.60. The lowest BCUT2D eigenvalue weighted by Gasteiger charge is -2.43. The van der Waals surface area contributed by atoms with Crippen molar-refractivity contribution in [2.45, 2.75) is 38.5 Å². The number of hydrogen-bond donors (Lipinski definition) is 0. The smallest absolute Gasteiger partial charge is 0.126 e. The first-order valence-electron chi connectivity index (χ1n) is 8.55. The molecule has 2 heterocycles. The Balaban J connectivity index is 2.08. The van der Waals surface area contributed by atoms with Crippen LogP contribution in [0.1, 0.15) is 50.1 Å². The normalized spacial score (nSPS) is 16.8. The van der Waals surface area contributed by atoms with E-state index in [1.807, 2.05) is 24.4 Å². The fourth-order valence-electron chi connectivity index (χ4n) is 4.18.